The van der Waals surface area contributed by atoms with E-state index in [1.807, 2.05) is 13.8 Å². The van der Waals surface area contributed by atoms with Gasteiger partial charge in [0.05, 0.1) is 25.5 Å². The third-order valence-corrected chi connectivity index (χ3v) is 4.03. The third kappa shape index (κ3) is 3.20. The van der Waals surface area contributed by atoms with E-state index in [-0.39, 0.29) is 37.2 Å². The first kappa shape index (κ1) is 16.3. The van der Waals surface area contributed by atoms with Gasteiger partial charge in [-0.1, -0.05) is 0 Å². The molecule has 22 heavy (non-hydrogen) atoms. The van der Waals surface area contributed by atoms with E-state index < -0.39 is 23.7 Å². The molecule has 2 aliphatic rings. The van der Waals surface area contributed by atoms with Crippen molar-refractivity contribution in [3.63, 3.8) is 0 Å². The fourth-order valence-corrected chi connectivity index (χ4v) is 2.84. The summed E-state index contributed by atoms with van der Waals surface area (Å²) in [6.45, 7) is 4.19. The number of hydrogen-bond acceptors (Lipinski definition) is 5. The first-order valence-electron chi connectivity index (χ1n) is 7.31. The van der Waals surface area contributed by atoms with Gasteiger partial charge in [0.1, 0.15) is 0 Å². The Morgan fingerprint density at radius 2 is 1.86 bits per heavy atom. The summed E-state index contributed by atoms with van der Waals surface area (Å²) < 4.78 is 4.64. The van der Waals surface area contributed by atoms with Crippen molar-refractivity contribution >= 4 is 23.7 Å². The number of hydrazine groups is 1. The highest BCUT2D eigenvalue weighted by atomic mass is 16.5. The Kier molecular flexibility index (Phi) is 4.68. The molecule has 2 unspecified atom stereocenters. The zero-order chi connectivity index (χ0) is 16.4. The summed E-state index contributed by atoms with van der Waals surface area (Å²) >= 11 is 0. The number of esters is 1. The predicted molar refractivity (Wildman–Crippen MR) is 74.9 cm³/mol. The standard InChI is InChI=1S/C14H21N3O5/c1-8(2)16-6-9(5-12(16)19)13(20)17-7-10(14(21)22-3)4-11(18)15-17/h8-10H,4-7H2,1-3H3,(H,15,18). The molecule has 8 nitrogen and oxygen atoms in total. The Labute approximate surface area is 128 Å². The number of ether oxygens (including phenoxy) is 1. The van der Waals surface area contributed by atoms with Crippen LogP contribution in [0.4, 0.5) is 0 Å². The molecule has 2 heterocycles. The highest BCUT2D eigenvalue weighted by molar-refractivity contribution is 5.92. The van der Waals surface area contributed by atoms with E-state index in [2.05, 4.69) is 10.2 Å². The molecule has 0 spiro atoms. The average Bonchev–Trinajstić information content (AvgIpc) is 2.87. The smallest absolute Gasteiger partial charge is 0.311 e. The van der Waals surface area contributed by atoms with Gasteiger partial charge in [0.15, 0.2) is 0 Å². The molecule has 2 saturated heterocycles. The van der Waals surface area contributed by atoms with Gasteiger partial charge < -0.3 is 9.64 Å². The normalized spacial score (nSPS) is 25.5. The molecule has 0 aromatic heterocycles. The Morgan fingerprint density at radius 1 is 1.18 bits per heavy atom. The lowest BCUT2D eigenvalue weighted by molar-refractivity contribution is -0.158. The minimum absolute atomic E-state index is 0.00182. The summed E-state index contributed by atoms with van der Waals surface area (Å²) in [4.78, 5) is 49.3. The van der Waals surface area contributed by atoms with E-state index in [0.717, 1.165) is 5.01 Å². The Balaban J connectivity index is 2.04. The van der Waals surface area contributed by atoms with Gasteiger partial charge in [-0.05, 0) is 13.8 Å². The first-order valence-corrected chi connectivity index (χ1v) is 7.31. The van der Waals surface area contributed by atoms with Crippen molar-refractivity contribution in [1.29, 1.82) is 0 Å². The van der Waals surface area contributed by atoms with Gasteiger partial charge in [0, 0.05) is 25.4 Å². The monoisotopic (exact) mass is 311 g/mol. The van der Waals surface area contributed by atoms with Crippen LogP contribution in [0.2, 0.25) is 0 Å². The van der Waals surface area contributed by atoms with Crippen LogP contribution in [0.3, 0.4) is 0 Å². The lowest BCUT2D eigenvalue weighted by Gasteiger charge is -2.33. The van der Waals surface area contributed by atoms with Crippen molar-refractivity contribution < 1.29 is 23.9 Å². The lowest BCUT2D eigenvalue weighted by atomic mass is 10.0. The first-order chi connectivity index (χ1) is 10.3. The van der Waals surface area contributed by atoms with Crippen molar-refractivity contribution in [2.45, 2.75) is 32.7 Å². The number of rotatable bonds is 3. The number of nitrogens with zero attached hydrogens (tertiary/aromatic N) is 2. The van der Waals surface area contributed by atoms with Gasteiger partial charge in [-0.3, -0.25) is 29.6 Å². The predicted octanol–water partition coefficient (Wildman–Crippen LogP) is -0.704. The number of carbonyl (C=O) groups is 4. The Bertz CT molecular complexity index is 505. The van der Waals surface area contributed by atoms with E-state index in [4.69, 9.17) is 0 Å². The third-order valence-electron chi connectivity index (χ3n) is 4.03. The molecular weight excluding hydrogens is 290 g/mol. The van der Waals surface area contributed by atoms with Crippen molar-refractivity contribution in [3.05, 3.63) is 0 Å². The second-order valence-electron chi connectivity index (χ2n) is 5.95. The van der Waals surface area contributed by atoms with Crippen LogP contribution >= 0.6 is 0 Å². The summed E-state index contributed by atoms with van der Waals surface area (Å²) in [7, 11) is 1.25. The van der Waals surface area contributed by atoms with E-state index in [1.54, 1.807) is 4.90 Å². The molecule has 0 bridgehead atoms. The van der Waals surface area contributed by atoms with E-state index in [9.17, 15) is 19.2 Å². The quantitative estimate of drug-likeness (QED) is 0.695. The molecule has 2 atom stereocenters. The zero-order valence-corrected chi connectivity index (χ0v) is 13.0. The van der Waals surface area contributed by atoms with Gasteiger partial charge in [0.2, 0.25) is 17.7 Å². The second kappa shape index (κ2) is 6.33. The maximum absolute atomic E-state index is 12.5. The van der Waals surface area contributed by atoms with Crippen LogP contribution < -0.4 is 5.43 Å². The Hall–Kier alpha value is -2.12. The van der Waals surface area contributed by atoms with Crippen LogP contribution in [0.1, 0.15) is 26.7 Å². The van der Waals surface area contributed by atoms with Crippen molar-refractivity contribution in [2.75, 3.05) is 20.2 Å². The number of nitrogens with one attached hydrogen (secondary N) is 1. The summed E-state index contributed by atoms with van der Waals surface area (Å²) in [5.41, 5.74) is 2.47. The van der Waals surface area contributed by atoms with E-state index in [0.29, 0.717) is 6.54 Å². The van der Waals surface area contributed by atoms with E-state index in [1.165, 1.54) is 7.11 Å². The highest BCUT2D eigenvalue weighted by Crippen LogP contribution is 2.23. The second-order valence-corrected chi connectivity index (χ2v) is 5.95. The van der Waals surface area contributed by atoms with Gasteiger partial charge in [-0.25, -0.2) is 0 Å². The molecule has 122 valence electrons. The number of likely N-dealkylation sites (tertiary alicyclic amines) is 1. The molecule has 8 heteroatoms. The van der Waals surface area contributed by atoms with Crippen LogP contribution in [-0.2, 0) is 23.9 Å². The molecule has 3 amide bonds. The van der Waals surface area contributed by atoms with Crippen LogP contribution in [0.5, 0.6) is 0 Å². The minimum atomic E-state index is -0.666. The largest absolute Gasteiger partial charge is 0.469 e. The molecule has 2 aliphatic heterocycles. The molecule has 0 saturated carbocycles. The van der Waals surface area contributed by atoms with Crippen molar-refractivity contribution in [2.24, 2.45) is 11.8 Å². The summed E-state index contributed by atoms with van der Waals surface area (Å²) in [5.74, 6) is -2.48. The van der Waals surface area contributed by atoms with Crippen LogP contribution in [0.25, 0.3) is 0 Å². The minimum Gasteiger partial charge on any atom is -0.469 e. The maximum atomic E-state index is 12.5. The SMILES string of the molecule is COC(=O)C1CC(=O)NN(C(=O)C2CC(=O)N(C(C)C)C2)C1. The summed E-state index contributed by atoms with van der Waals surface area (Å²) in [6.07, 6.45) is 0.129. The number of amides is 3. The Morgan fingerprint density at radius 3 is 2.41 bits per heavy atom. The molecule has 2 rings (SSSR count). The molecule has 0 radical (unpaired) electrons. The maximum Gasteiger partial charge on any atom is 0.311 e. The van der Waals surface area contributed by atoms with Gasteiger partial charge in [0.25, 0.3) is 0 Å². The number of methoxy groups -OCH3 is 1. The average molecular weight is 311 g/mol. The molecule has 0 aliphatic carbocycles. The molecule has 0 aromatic carbocycles. The number of hydrogen-bond donors (Lipinski definition) is 1. The number of carbonyl (C=O) groups excluding carboxylic acids is 4. The van der Waals surface area contributed by atoms with Gasteiger partial charge in [-0.15, -0.1) is 0 Å². The summed E-state index contributed by atoms with van der Waals surface area (Å²) in [5, 5.41) is 1.15. The van der Waals surface area contributed by atoms with Crippen LogP contribution in [0, 0.1) is 11.8 Å². The van der Waals surface area contributed by atoms with Crippen molar-refractivity contribution in [3.8, 4) is 0 Å². The van der Waals surface area contributed by atoms with Gasteiger partial charge >= 0.3 is 5.97 Å². The topological polar surface area (TPSA) is 96.0 Å². The summed E-state index contributed by atoms with van der Waals surface area (Å²) in [6, 6.07) is 0.0315. The van der Waals surface area contributed by atoms with Crippen LogP contribution in [-0.4, -0.2) is 59.8 Å². The van der Waals surface area contributed by atoms with Crippen molar-refractivity contribution in [1.82, 2.24) is 15.3 Å². The zero-order valence-electron chi connectivity index (χ0n) is 13.0. The van der Waals surface area contributed by atoms with Gasteiger partial charge in [-0.2, -0.15) is 0 Å². The highest BCUT2D eigenvalue weighted by Gasteiger charge is 2.41. The molecule has 2 fully saturated rings. The van der Waals surface area contributed by atoms with Crippen LogP contribution in [0.15, 0.2) is 0 Å². The molecular formula is C14H21N3O5. The van der Waals surface area contributed by atoms with E-state index >= 15 is 0 Å². The lowest BCUT2D eigenvalue weighted by Crippen LogP contribution is -2.56. The molecule has 1 N–H and O–H groups in total. The molecule has 0 aromatic rings. The fraction of sp³-hybridized carbons (Fsp3) is 0.714. The fourth-order valence-electron chi connectivity index (χ4n) is 2.84.